The van der Waals surface area contributed by atoms with E-state index in [4.69, 9.17) is 9.47 Å². The van der Waals surface area contributed by atoms with E-state index in [-0.39, 0.29) is 6.61 Å². The van der Waals surface area contributed by atoms with E-state index in [9.17, 15) is 14.7 Å². The van der Waals surface area contributed by atoms with Crippen LogP contribution in [-0.2, 0) is 14.3 Å². The Labute approximate surface area is 124 Å². The van der Waals surface area contributed by atoms with Crippen LogP contribution in [0.3, 0.4) is 0 Å². The van der Waals surface area contributed by atoms with E-state index < -0.39 is 23.8 Å². The molecular formula is C15H21NO5. The van der Waals surface area contributed by atoms with E-state index in [1.165, 1.54) is 12.1 Å². The third-order valence-electron chi connectivity index (χ3n) is 2.38. The smallest absolute Gasteiger partial charge is 0.412 e. The molecule has 0 radical (unpaired) electrons. The van der Waals surface area contributed by atoms with Crippen molar-refractivity contribution in [1.29, 1.82) is 0 Å². The molecule has 1 aromatic carbocycles. The SMILES string of the molecule is CCOC(=O)C(O)c1ccc(NC(=O)OC(C)(C)C)cc1. The second-order valence-corrected chi connectivity index (χ2v) is 5.40. The number of ether oxygens (including phenoxy) is 2. The van der Waals surface area contributed by atoms with Crippen LogP contribution < -0.4 is 5.32 Å². The Hall–Kier alpha value is -2.08. The van der Waals surface area contributed by atoms with Gasteiger partial charge in [0.15, 0.2) is 6.10 Å². The summed E-state index contributed by atoms with van der Waals surface area (Å²) in [4.78, 5) is 23.0. The van der Waals surface area contributed by atoms with Crippen molar-refractivity contribution in [2.24, 2.45) is 0 Å². The maximum Gasteiger partial charge on any atom is 0.412 e. The molecule has 0 fully saturated rings. The molecule has 116 valence electrons. The second kappa shape index (κ2) is 7.08. The lowest BCUT2D eigenvalue weighted by atomic mass is 10.1. The molecule has 0 saturated carbocycles. The zero-order valence-corrected chi connectivity index (χ0v) is 12.7. The lowest BCUT2D eigenvalue weighted by molar-refractivity contribution is -0.153. The van der Waals surface area contributed by atoms with Gasteiger partial charge in [-0.1, -0.05) is 12.1 Å². The van der Waals surface area contributed by atoms with Crippen LogP contribution in [0.5, 0.6) is 0 Å². The molecule has 6 heteroatoms. The fraction of sp³-hybridized carbons (Fsp3) is 0.467. The largest absolute Gasteiger partial charge is 0.464 e. The number of nitrogens with one attached hydrogen (secondary N) is 1. The van der Waals surface area contributed by atoms with Gasteiger partial charge in [0.1, 0.15) is 5.60 Å². The van der Waals surface area contributed by atoms with Gasteiger partial charge in [-0.15, -0.1) is 0 Å². The number of anilines is 1. The maximum atomic E-state index is 11.6. The highest BCUT2D eigenvalue weighted by molar-refractivity contribution is 5.85. The summed E-state index contributed by atoms with van der Waals surface area (Å²) in [5.74, 6) is -0.703. The molecule has 1 atom stereocenters. The molecule has 0 aromatic heterocycles. The molecule has 0 aliphatic rings. The molecule has 0 aliphatic carbocycles. The van der Waals surface area contributed by atoms with Crippen molar-refractivity contribution in [3.63, 3.8) is 0 Å². The first-order valence-corrected chi connectivity index (χ1v) is 6.67. The van der Waals surface area contributed by atoms with Crippen molar-refractivity contribution >= 4 is 17.7 Å². The molecule has 0 heterocycles. The third kappa shape index (κ3) is 5.83. The topological polar surface area (TPSA) is 84.9 Å². The van der Waals surface area contributed by atoms with Gasteiger partial charge in [-0.3, -0.25) is 5.32 Å². The van der Waals surface area contributed by atoms with E-state index in [1.54, 1.807) is 39.8 Å². The van der Waals surface area contributed by atoms with E-state index in [0.29, 0.717) is 11.3 Å². The minimum absolute atomic E-state index is 0.203. The number of hydrogen-bond donors (Lipinski definition) is 2. The van der Waals surface area contributed by atoms with Gasteiger partial charge in [0.25, 0.3) is 0 Å². The van der Waals surface area contributed by atoms with Crippen LogP contribution in [-0.4, -0.2) is 29.4 Å². The first-order valence-electron chi connectivity index (χ1n) is 6.67. The molecule has 1 amide bonds. The molecule has 1 aromatic rings. The molecule has 2 N–H and O–H groups in total. The lowest BCUT2D eigenvalue weighted by Crippen LogP contribution is -2.27. The number of esters is 1. The zero-order valence-electron chi connectivity index (χ0n) is 12.7. The fourth-order valence-corrected chi connectivity index (χ4v) is 1.53. The fourth-order valence-electron chi connectivity index (χ4n) is 1.53. The Bertz CT molecular complexity index is 490. The lowest BCUT2D eigenvalue weighted by Gasteiger charge is -2.19. The summed E-state index contributed by atoms with van der Waals surface area (Å²) in [6.45, 7) is 7.18. The molecule has 6 nitrogen and oxygen atoms in total. The number of benzene rings is 1. The first kappa shape index (κ1) is 17.0. The summed E-state index contributed by atoms with van der Waals surface area (Å²) >= 11 is 0. The normalized spacial score (nSPS) is 12.4. The molecule has 1 unspecified atom stereocenters. The van der Waals surface area contributed by atoms with Gasteiger partial charge in [-0.2, -0.15) is 0 Å². The van der Waals surface area contributed by atoms with E-state index >= 15 is 0 Å². The van der Waals surface area contributed by atoms with Crippen molar-refractivity contribution in [2.45, 2.75) is 39.4 Å². The van der Waals surface area contributed by atoms with Crippen LogP contribution in [0.1, 0.15) is 39.4 Å². The number of aliphatic hydroxyl groups excluding tert-OH is 1. The predicted octanol–water partition coefficient (Wildman–Crippen LogP) is 2.63. The van der Waals surface area contributed by atoms with Crippen LogP contribution in [0.25, 0.3) is 0 Å². The highest BCUT2D eigenvalue weighted by atomic mass is 16.6. The Kier molecular flexibility index (Phi) is 5.72. The van der Waals surface area contributed by atoms with Crippen molar-refractivity contribution in [1.82, 2.24) is 0 Å². The van der Waals surface area contributed by atoms with Gasteiger partial charge in [0.05, 0.1) is 6.61 Å². The summed E-state index contributed by atoms with van der Waals surface area (Å²) in [5, 5.41) is 12.3. The third-order valence-corrected chi connectivity index (χ3v) is 2.38. The van der Waals surface area contributed by atoms with Crippen LogP contribution in [0.4, 0.5) is 10.5 Å². The van der Waals surface area contributed by atoms with Crippen LogP contribution in [0.2, 0.25) is 0 Å². The first-order chi connectivity index (χ1) is 9.73. The Balaban J connectivity index is 2.66. The zero-order chi connectivity index (χ0) is 16.0. The number of aliphatic hydroxyl groups is 1. The summed E-state index contributed by atoms with van der Waals surface area (Å²) in [5.41, 5.74) is 0.316. The summed E-state index contributed by atoms with van der Waals surface area (Å²) < 4.78 is 9.84. The predicted molar refractivity (Wildman–Crippen MR) is 77.9 cm³/mol. The molecule has 0 aliphatic heterocycles. The Morgan fingerprint density at radius 1 is 1.24 bits per heavy atom. The molecule has 1 rings (SSSR count). The standard InChI is InChI=1S/C15H21NO5/c1-5-20-13(18)12(17)10-6-8-11(9-7-10)16-14(19)21-15(2,3)4/h6-9,12,17H,5H2,1-4H3,(H,16,19). The van der Waals surface area contributed by atoms with Crippen molar-refractivity contribution < 1.29 is 24.2 Å². The minimum atomic E-state index is -1.33. The van der Waals surface area contributed by atoms with Gasteiger partial charge in [-0.05, 0) is 45.4 Å². The highest BCUT2D eigenvalue weighted by Gasteiger charge is 2.19. The molecule has 0 spiro atoms. The average molecular weight is 295 g/mol. The summed E-state index contributed by atoms with van der Waals surface area (Å²) in [7, 11) is 0. The van der Waals surface area contributed by atoms with E-state index in [0.717, 1.165) is 0 Å². The number of rotatable bonds is 4. The van der Waals surface area contributed by atoms with Crippen LogP contribution >= 0.6 is 0 Å². The molecule has 0 saturated heterocycles. The maximum absolute atomic E-state index is 11.6. The monoisotopic (exact) mass is 295 g/mol. The van der Waals surface area contributed by atoms with Gasteiger partial charge in [0, 0.05) is 5.69 Å². The number of amides is 1. The molecule has 21 heavy (non-hydrogen) atoms. The van der Waals surface area contributed by atoms with Gasteiger partial charge >= 0.3 is 12.1 Å². The summed E-state index contributed by atoms with van der Waals surface area (Å²) in [6.07, 6.45) is -1.90. The highest BCUT2D eigenvalue weighted by Crippen LogP contribution is 2.18. The Morgan fingerprint density at radius 3 is 2.29 bits per heavy atom. The number of hydrogen-bond acceptors (Lipinski definition) is 5. The van der Waals surface area contributed by atoms with Crippen LogP contribution in [0.15, 0.2) is 24.3 Å². The molecule has 0 bridgehead atoms. The number of carbonyl (C=O) groups is 2. The van der Waals surface area contributed by atoms with E-state index in [2.05, 4.69) is 5.32 Å². The summed E-state index contributed by atoms with van der Waals surface area (Å²) in [6, 6.07) is 6.21. The van der Waals surface area contributed by atoms with Crippen molar-refractivity contribution in [3.8, 4) is 0 Å². The quantitative estimate of drug-likeness (QED) is 0.834. The average Bonchev–Trinajstić information content (AvgIpc) is 2.36. The second-order valence-electron chi connectivity index (χ2n) is 5.40. The Morgan fingerprint density at radius 2 is 1.81 bits per heavy atom. The van der Waals surface area contributed by atoms with Crippen molar-refractivity contribution in [2.75, 3.05) is 11.9 Å². The van der Waals surface area contributed by atoms with E-state index in [1.807, 2.05) is 0 Å². The minimum Gasteiger partial charge on any atom is -0.464 e. The van der Waals surface area contributed by atoms with Gasteiger partial charge in [-0.25, -0.2) is 9.59 Å². The van der Waals surface area contributed by atoms with Gasteiger partial charge in [0.2, 0.25) is 0 Å². The number of carbonyl (C=O) groups excluding carboxylic acids is 2. The van der Waals surface area contributed by atoms with Crippen LogP contribution in [0, 0.1) is 0 Å². The van der Waals surface area contributed by atoms with Gasteiger partial charge < -0.3 is 14.6 Å². The molecular weight excluding hydrogens is 274 g/mol. The van der Waals surface area contributed by atoms with Crippen molar-refractivity contribution in [3.05, 3.63) is 29.8 Å².